The molecule has 5 nitrogen and oxygen atoms in total. The van der Waals surface area contributed by atoms with Crippen LogP contribution < -0.4 is 4.90 Å². The first-order valence-electron chi connectivity index (χ1n) is 13.6. The van der Waals surface area contributed by atoms with Gasteiger partial charge in [0.25, 0.3) is 0 Å². The van der Waals surface area contributed by atoms with Gasteiger partial charge >= 0.3 is 6.18 Å². The topological polar surface area (TPSA) is 16.2 Å². The quantitative estimate of drug-likeness (QED) is 0.339. The number of fused-ring (bicyclic) bond motifs is 1. The minimum absolute atomic E-state index is 0.453. The normalized spacial score (nSPS) is 19.7. The summed E-state index contributed by atoms with van der Waals surface area (Å²) in [5, 5.41) is 0.775. The molecule has 11 heteroatoms. The molecule has 2 heterocycles. The van der Waals surface area contributed by atoms with Gasteiger partial charge in [0.2, 0.25) is 0 Å². The molecule has 1 saturated heterocycles. The van der Waals surface area contributed by atoms with Gasteiger partial charge in [-0.1, -0.05) is 17.7 Å². The van der Waals surface area contributed by atoms with Crippen molar-refractivity contribution in [3.05, 3.63) is 58.6 Å². The maximum atomic E-state index is 13.3. The molecule has 39 heavy (non-hydrogen) atoms. The van der Waals surface area contributed by atoms with Gasteiger partial charge in [-0.2, -0.15) is 13.2 Å². The molecule has 216 valence electrons. The van der Waals surface area contributed by atoms with Gasteiger partial charge in [0, 0.05) is 81.1 Å². The van der Waals surface area contributed by atoms with Crippen LogP contribution in [0.4, 0.5) is 18.9 Å². The maximum absolute atomic E-state index is 13.3. The lowest BCUT2D eigenvalue weighted by Crippen LogP contribution is -2.39. The average molecular weight is 602 g/mol. The monoisotopic (exact) mass is 601 g/mol. The Morgan fingerprint density at radius 1 is 0.795 bits per heavy atom. The molecule has 0 aliphatic carbocycles. The van der Waals surface area contributed by atoms with Crippen LogP contribution in [0, 0.1) is 0 Å². The minimum Gasteiger partial charge on any atom is -0.378 e. The average Bonchev–Trinajstić information content (AvgIpc) is 2.87. The minimum atomic E-state index is -4.18. The molecular formula is C28H39ClF3N5S2. The molecule has 2 aromatic carbocycles. The molecule has 0 amide bonds. The summed E-state index contributed by atoms with van der Waals surface area (Å²) < 4.78 is 46.9. The predicted molar refractivity (Wildman–Crippen MR) is 159 cm³/mol. The highest BCUT2D eigenvalue weighted by Gasteiger charge is 2.30. The molecule has 2 aliphatic heterocycles. The van der Waals surface area contributed by atoms with Crippen LogP contribution in [0.15, 0.2) is 47.4 Å². The summed E-state index contributed by atoms with van der Waals surface area (Å²) in [4.78, 5) is 4.81. The summed E-state index contributed by atoms with van der Waals surface area (Å²) in [6.45, 7) is 5.15. The lowest BCUT2D eigenvalue weighted by molar-refractivity contribution is -0.146. The zero-order valence-electron chi connectivity index (χ0n) is 22.8. The molecule has 0 radical (unpaired) electrons. The number of benzene rings is 2. The largest absolute Gasteiger partial charge is 0.401 e. The first-order valence-corrected chi connectivity index (χ1v) is 15.5. The van der Waals surface area contributed by atoms with Crippen LogP contribution in [0.1, 0.15) is 30.4 Å². The number of rotatable bonds is 6. The highest BCUT2D eigenvalue weighted by molar-refractivity contribution is 7.97. The Kier molecular flexibility index (Phi) is 11.6. The Bertz CT molecular complexity index is 1040. The smallest absolute Gasteiger partial charge is 0.378 e. The van der Waals surface area contributed by atoms with E-state index in [4.69, 9.17) is 11.6 Å². The van der Waals surface area contributed by atoms with Crippen molar-refractivity contribution in [3.8, 4) is 0 Å². The van der Waals surface area contributed by atoms with Crippen molar-refractivity contribution in [2.24, 2.45) is 0 Å². The van der Waals surface area contributed by atoms with E-state index in [-0.39, 0.29) is 0 Å². The molecule has 0 aromatic heterocycles. The number of halogens is 4. The van der Waals surface area contributed by atoms with Crippen LogP contribution in [-0.2, 0) is 13.0 Å². The fourth-order valence-corrected chi connectivity index (χ4v) is 7.28. The molecule has 0 spiro atoms. The molecule has 0 N–H and O–H groups in total. The second kappa shape index (κ2) is 14.7. The SMILES string of the molecule is CN(C)c1ccc(SN2CCCN(CC(F)(F)F)CCCN(SN3CCc4cc(Cl)ccc4C3)CCC2)cc1. The lowest BCUT2D eigenvalue weighted by Gasteiger charge is -2.34. The van der Waals surface area contributed by atoms with Crippen molar-refractivity contribution in [1.82, 2.24) is 17.8 Å². The molecular weight excluding hydrogens is 563 g/mol. The van der Waals surface area contributed by atoms with Crippen molar-refractivity contribution in [2.75, 3.05) is 71.4 Å². The fourth-order valence-electron chi connectivity index (χ4n) is 4.97. The second-order valence-corrected chi connectivity index (χ2v) is 13.2. The van der Waals surface area contributed by atoms with E-state index in [1.165, 1.54) is 11.1 Å². The second-order valence-electron chi connectivity index (χ2n) is 10.4. The van der Waals surface area contributed by atoms with E-state index >= 15 is 0 Å². The van der Waals surface area contributed by atoms with Crippen LogP contribution in [0.2, 0.25) is 5.02 Å². The van der Waals surface area contributed by atoms with Crippen LogP contribution in [0.5, 0.6) is 0 Å². The van der Waals surface area contributed by atoms with E-state index in [1.807, 2.05) is 20.2 Å². The van der Waals surface area contributed by atoms with Crippen molar-refractivity contribution >= 4 is 41.4 Å². The molecule has 2 aromatic rings. The zero-order chi connectivity index (χ0) is 27.8. The van der Waals surface area contributed by atoms with E-state index in [1.54, 1.807) is 29.0 Å². The first-order chi connectivity index (χ1) is 18.6. The Morgan fingerprint density at radius 3 is 2.08 bits per heavy atom. The van der Waals surface area contributed by atoms with Crippen molar-refractivity contribution in [2.45, 2.75) is 43.3 Å². The third-order valence-electron chi connectivity index (χ3n) is 6.95. The zero-order valence-corrected chi connectivity index (χ0v) is 25.2. The van der Waals surface area contributed by atoms with Gasteiger partial charge in [0.15, 0.2) is 0 Å². The standard InChI is InChI=1S/C28H39ClF3N5S2/c1-33(2)26-8-10-27(11-9-26)38-35-15-3-13-34(22-28(30,31)32)14-4-17-36(18-5-16-35)39-37-19-12-23-20-25(29)7-6-24(23)21-37/h6-11,20H,3-5,12-19,21-22H2,1-2H3. The Balaban J connectivity index is 1.40. The van der Waals surface area contributed by atoms with Crippen LogP contribution >= 0.6 is 35.7 Å². The summed E-state index contributed by atoms with van der Waals surface area (Å²) >= 11 is 9.64. The van der Waals surface area contributed by atoms with Crippen molar-refractivity contribution in [3.63, 3.8) is 0 Å². The lowest BCUT2D eigenvalue weighted by atomic mass is 10.0. The van der Waals surface area contributed by atoms with Gasteiger partial charge in [-0.15, -0.1) is 0 Å². The molecule has 0 saturated carbocycles. The van der Waals surface area contributed by atoms with Gasteiger partial charge in [-0.05, 0) is 98.2 Å². The number of hydrogen-bond acceptors (Lipinski definition) is 7. The molecule has 0 atom stereocenters. The van der Waals surface area contributed by atoms with E-state index in [9.17, 15) is 13.2 Å². The number of alkyl halides is 3. The summed E-state index contributed by atoms with van der Waals surface area (Å²) in [5.41, 5.74) is 3.75. The van der Waals surface area contributed by atoms with Crippen LogP contribution in [0.3, 0.4) is 0 Å². The van der Waals surface area contributed by atoms with Gasteiger partial charge in [0.05, 0.1) is 6.54 Å². The summed E-state index contributed by atoms with van der Waals surface area (Å²) in [5.74, 6) is 0. The summed E-state index contributed by atoms with van der Waals surface area (Å²) in [6, 6.07) is 14.6. The first kappa shape index (κ1) is 30.8. The van der Waals surface area contributed by atoms with Crippen LogP contribution in [-0.4, -0.2) is 90.4 Å². The van der Waals surface area contributed by atoms with Gasteiger partial charge in [-0.3, -0.25) is 4.90 Å². The molecule has 1 fully saturated rings. The molecule has 0 unspecified atom stereocenters. The Morgan fingerprint density at radius 2 is 1.44 bits per heavy atom. The predicted octanol–water partition coefficient (Wildman–Crippen LogP) is 6.69. The molecule has 0 bridgehead atoms. The number of nitrogens with zero attached hydrogens (tertiary/aromatic N) is 5. The third-order valence-corrected chi connectivity index (χ3v) is 9.43. The number of anilines is 1. The highest BCUT2D eigenvalue weighted by atomic mass is 35.5. The summed E-state index contributed by atoms with van der Waals surface area (Å²) in [7, 11) is 4.04. The van der Waals surface area contributed by atoms with Crippen molar-refractivity contribution in [1.29, 1.82) is 0 Å². The highest BCUT2D eigenvalue weighted by Crippen LogP contribution is 2.30. The molecule has 4 rings (SSSR count). The van der Waals surface area contributed by atoms with E-state index < -0.39 is 12.7 Å². The van der Waals surface area contributed by atoms with Crippen LogP contribution in [0.25, 0.3) is 0 Å². The fraction of sp³-hybridized carbons (Fsp3) is 0.571. The van der Waals surface area contributed by atoms with Gasteiger partial charge < -0.3 is 4.90 Å². The molecule has 2 aliphatic rings. The van der Waals surface area contributed by atoms with E-state index in [2.05, 4.69) is 54.2 Å². The van der Waals surface area contributed by atoms with E-state index in [0.717, 1.165) is 74.1 Å². The summed E-state index contributed by atoms with van der Waals surface area (Å²) in [6.07, 6.45) is -0.790. The van der Waals surface area contributed by atoms with Crippen molar-refractivity contribution < 1.29 is 13.2 Å². The Labute approximate surface area is 245 Å². The van der Waals surface area contributed by atoms with Gasteiger partial charge in [-0.25, -0.2) is 12.9 Å². The number of hydrogen-bond donors (Lipinski definition) is 0. The van der Waals surface area contributed by atoms with Gasteiger partial charge in [0.1, 0.15) is 0 Å². The maximum Gasteiger partial charge on any atom is 0.401 e. The van der Waals surface area contributed by atoms with E-state index in [0.29, 0.717) is 19.5 Å². The third kappa shape index (κ3) is 10.3. The Hall–Kier alpha value is -1.14.